The van der Waals surface area contributed by atoms with Crippen molar-refractivity contribution in [2.24, 2.45) is 0 Å². The second kappa shape index (κ2) is 11.6. The fourth-order valence-electron chi connectivity index (χ4n) is 4.51. The Balaban J connectivity index is 1.61. The molecule has 0 bridgehead atoms. The maximum absolute atomic E-state index is 12.4. The monoisotopic (exact) mass is 536 g/mol. The predicted molar refractivity (Wildman–Crippen MR) is 155 cm³/mol. The van der Waals surface area contributed by atoms with Gasteiger partial charge in [0.15, 0.2) is 6.10 Å². The van der Waals surface area contributed by atoms with Crippen molar-refractivity contribution in [1.82, 2.24) is 0 Å². The van der Waals surface area contributed by atoms with Crippen molar-refractivity contribution < 1.29 is 28.6 Å². The van der Waals surface area contributed by atoms with Gasteiger partial charge in [0, 0.05) is 28.7 Å². The van der Waals surface area contributed by atoms with Crippen molar-refractivity contribution in [3.63, 3.8) is 0 Å². The van der Waals surface area contributed by atoms with Gasteiger partial charge in [-0.1, -0.05) is 62.2 Å². The fraction of sp³-hybridized carbons (Fsp3) is 0.206. The van der Waals surface area contributed by atoms with Crippen LogP contribution in [0.5, 0.6) is 5.75 Å². The van der Waals surface area contributed by atoms with Crippen LogP contribution in [0, 0.1) is 6.92 Å². The van der Waals surface area contributed by atoms with Crippen molar-refractivity contribution in [3.05, 3.63) is 114 Å². The number of carbonyl (C=O) groups excluding carboxylic acids is 3. The lowest BCUT2D eigenvalue weighted by atomic mass is 9.94. The smallest absolute Gasteiger partial charge is 0.338 e. The van der Waals surface area contributed by atoms with Gasteiger partial charge in [-0.25, -0.2) is 14.4 Å². The van der Waals surface area contributed by atoms with Crippen molar-refractivity contribution in [2.75, 3.05) is 0 Å². The highest BCUT2D eigenvalue weighted by Gasteiger charge is 2.38. The zero-order valence-corrected chi connectivity index (χ0v) is 23.2. The molecule has 0 aromatic heterocycles. The minimum absolute atomic E-state index is 0.266. The summed E-state index contributed by atoms with van der Waals surface area (Å²) in [6.07, 6.45) is -0.974. The molecule has 204 valence electrons. The normalized spacial score (nSPS) is 15.5. The summed E-state index contributed by atoms with van der Waals surface area (Å²) in [4.78, 5) is 36.5. The van der Waals surface area contributed by atoms with Crippen LogP contribution in [-0.4, -0.2) is 24.0 Å². The first-order chi connectivity index (χ1) is 18.9. The lowest BCUT2D eigenvalue weighted by Gasteiger charge is -2.21. The minimum Gasteiger partial charge on any atom is -0.454 e. The van der Waals surface area contributed by atoms with E-state index >= 15 is 0 Å². The van der Waals surface area contributed by atoms with E-state index in [0.29, 0.717) is 17.7 Å². The van der Waals surface area contributed by atoms with E-state index in [9.17, 15) is 14.4 Å². The SMILES string of the molecule is C=C(C)C(=O)Oc1ccc(-c2ccc(-c3ccc4c(c3)C(OC(=O)C(=C)C)[C@@H](OC(=O)C(=C)C)C4)cc2C)cc1. The van der Waals surface area contributed by atoms with E-state index in [1.165, 1.54) is 0 Å². The molecule has 0 heterocycles. The Morgan fingerprint density at radius 1 is 0.700 bits per heavy atom. The standard InChI is InChI=1S/C34H32O6/c1-19(2)32(35)38-27-13-10-23(11-14-27)28-15-12-24(16-22(28)7)25-8-9-26-18-30(39-33(36)20(3)4)31(29(26)17-25)40-34(37)21(5)6/h8-17,30-31H,1,3,5,18H2,2,4,6-7H3/t30-,31?/m0/s1. The summed E-state index contributed by atoms with van der Waals surface area (Å²) >= 11 is 0. The van der Waals surface area contributed by atoms with Crippen LogP contribution < -0.4 is 4.74 Å². The molecule has 6 nitrogen and oxygen atoms in total. The van der Waals surface area contributed by atoms with E-state index in [1.54, 1.807) is 32.9 Å². The summed E-state index contributed by atoms with van der Waals surface area (Å²) < 4.78 is 16.7. The van der Waals surface area contributed by atoms with Gasteiger partial charge in [0.25, 0.3) is 0 Å². The summed E-state index contributed by atoms with van der Waals surface area (Å²) in [5, 5.41) is 0. The molecule has 3 aromatic rings. The minimum atomic E-state index is -0.750. The predicted octanol–water partition coefficient (Wildman–Crippen LogP) is 7.01. The molecule has 2 atom stereocenters. The number of rotatable bonds is 8. The number of aryl methyl sites for hydroxylation is 1. The van der Waals surface area contributed by atoms with Gasteiger partial charge in [-0.2, -0.15) is 0 Å². The Kier molecular flexibility index (Phi) is 8.19. The molecular formula is C34H32O6. The third kappa shape index (κ3) is 6.12. The maximum Gasteiger partial charge on any atom is 0.338 e. The van der Waals surface area contributed by atoms with Gasteiger partial charge in [-0.15, -0.1) is 0 Å². The van der Waals surface area contributed by atoms with Crippen molar-refractivity contribution in [2.45, 2.75) is 46.3 Å². The van der Waals surface area contributed by atoms with Crippen LogP contribution >= 0.6 is 0 Å². The first kappa shape index (κ1) is 28.3. The topological polar surface area (TPSA) is 78.9 Å². The van der Waals surface area contributed by atoms with Crippen LogP contribution in [0.1, 0.15) is 43.6 Å². The highest BCUT2D eigenvalue weighted by molar-refractivity contribution is 5.89. The second-order valence-electron chi connectivity index (χ2n) is 10.2. The molecule has 4 rings (SSSR count). The van der Waals surface area contributed by atoms with Crippen molar-refractivity contribution in [1.29, 1.82) is 0 Å². The van der Waals surface area contributed by atoms with Crippen LogP contribution in [0.2, 0.25) is 0 Å². The molecule has 0 saturated carbocycles. The van der Waals surface area contributed by atoms with Crippen LogP contribution in [0.15, 0.2) is 97.1 Å². The Hall–Kier alpha value is -4.71. The Morgan fingerprint density at radius 2 is 1.25 bits per heavy atom. The lowest BCUT2D eigenvalue weighted by molar-refractivity contribution is -0.161. The van der Waals surface area contributed by atoms with Crippen LogP contribution in [0.4, 0.5) is 0 Å². The van der Waals surface area contributed by atoms with Crippen LogP contribution in [-0.2, 0) is 30.3 Å². The summed E-state index contributed by atoms with van der Waals surface area (Å²) in [5.41, 5.74) is 7.65. The van der Waals surface area contributed by atoms with Crippen molar-refractivity contribution >= 4 is 17.9 Å². The first-order valence-electron chi connectivity index (χ1n) is 12.9. The van der Waals surface area contributed by atoms with Gasteiger partial charge in [-0.3, -0.25) is 0 Å². The summed E-state index contributed by atoms with van der Waals surface area (Å²) in [5.74, 6) is -1.07. The molecule has 0 radical (unpaired) electrons. The molecule has 3 aromatic carbocycles. The number of hydrogen-bond acceptors (Lipinski definition) is 6. The van der Waals surface area contributed by atoms with Gasteiger partial charge >= 0.3 is 17.9 Å². The lowest BCUT2D eigenvalue weighted by Crippen LogP contribution is -2.26. The molecule has 0 fully saturated rings. The Bertz CT molecular complexity index is 1540. The largest absolute Gasteiger partial charge is 0.454 e. The first-order valence-corrected chi connectivity index (χ1v) is 12.9. The number of fused-ring (bicyclic) bond motifs is 1. The summed E-state index contributed by atoms with van der Waals surface area (Å²) in [7, 11) is 0. The third-order valence-corrected chi connectivity index (χ3v) is 6.68. The summed E-state index contributed by atoms with van der Waals surface area (Å²) in [6.45, 7) is 17.7. The second-order valence-corrected chi connectivity index (χ2v) is 10.2. The Morgan fingerprint density at radius 3 is 1.85 bits per heavy atom. The van der Waals surface area contributed by atoms with Gasteiger partial charge < -0.3 is 14.2 Å². The molecule has 0 saturated heterocycles. The van der Waals surface area contributed by atoms with Gasteiger partial charge in [-0.05, 0) is 79.3 Å². The molecule has 0 spiro atoms. The van der Waals surface area contributed by atoms with E-state index in [2.05, 4.69) is 25.8 Å². The maximum atomic E-state index is 12.4. The molecular weight excluding hydrogens is 504 g/mol. The van der Waals surface area contributed by atoms with E-state index in [1.807, 2.05) is 49.4 Å². The highest BCUT2D eigenvalue weighted by Crippen LogP contribution is 2.40. The Labute approximate surface area is 234 Å². The molecule has 1 aliphatic rings. The molecule has 0 amide bonds. The average Bonchev–Trinajstić information content (AvgIpc) is 3.24. The molecule has 6 heteroatoms. The van der Waals surface area contributed by atoms with Crippen LogP contribution in [0.3, 0.4) is 0 Å². The molecule has 1 aliphatic carbocycles. The van der Waals surface area contributed by atoms with E-state index < -0.39 is 30.1 Å². The van der Waals surface area contributed by atoms with Gasteiger partial charge in [0.05, 0.1) is 0 Å². The van der Waals surface area contributed by atoms with E-state index in [-0.39, 0.29) is 11.1 Å². The number of esters is 3. The zero-order chi connectivity index (χ0) is 29.1. The van der Waals surface area contributed by atoms with Crippen LogP contribution in [0.25, 0.3) is 22.3 Å². The number of hydrogen-bond donors (Lipinski definition) is 0. The molecule has 0 aliphatic heterocycles. The van der Waals surface area contributed by atoms with Gasteiger partial charge in [0.1, 0.15) is 11.9 Å². The third-order valence-electron chi connectivity index (χ3n) is 6.68. The zero-order valence-electron chi connectivity index (χ0n) is 23.2. The number of ether oxygens (including phenoxy) is 3. The van der Waals surface area contributed by atoms with E-state index in [4.69, 9.17) is 14.2 Å². The molecule has 0 N–H and O–H groups in total. The average molecular weight is 537 g/mol. The van der Waals surface area contributed by atoms with Crippen molar-refractivity contribution in [3.8, 4) is 28.0 Å². The number of benzene rings is 3. The molecule has 1 unspecified atom stereocenters. The number of carbonyl (C=O) groups is 3. The summed E-state index contributed by atoms with van der Waals surface area (Å²) in [6, 6.07) is 19.5. The van der Waals surface area contributed by atoms with Gasteiger partial charge in [0.2, 0.25) is 0 Å². The fourth-order valence-corrected chi connectivity index (χ4v) is 4.51. The quantitative estimate of drug-likeness (QED) is 0.175. The van der Waals surface area contributed by atoms with E-state index in [0.717, 1.165) is 38.9 Å². The highest BCUT2D eigenvalue weighted by atomic mass is 16.6. The molecule has 40 heavy (non-hydrogen) atoms.